The van der Waals surface area contributed by atoms with E-state index in [-0.39, 0.29) is 11.4 Å². The SMILES string of the molecule is CC1=NC(C)(N)C(CCO)(Cc2ncccn2)S1. The number of aliphatic imine (C=N–C) groups is 1. The van der Waals surface area contributed by atoms with Crippen LogP contribution in [0.5, 0.6) is 0 Å². The highest BCUT2D eigenvalue weighted by Gasteiger charge is 2.51. The van der Waals surface area contributed by atoms with Crippen LogP contribution in [-0.4, -0.2) is 37.1 Å². The molecule has 0 aromatic carbocycles. The van der Waals surface area contributed by atoms with E-state index < -0.39 is 5.66 Å². The lowest BCUT2D eigenvalue weighted by Gasteiger charge is -2.37. The average molecular weight is 266 g/mol. The van der Waals surface area contributed by atoms with Crippen LogP contribution in [-0.2, 0) is 6.42 Å². The predicted octanol–water partition coefficient (Wildman–Crippen LogP) is 0.980. The van der Waals surface area contributed by atoms with Gasteiger partial charge in [-0.25, -0.2) is 9.97 Å². The number of hydrogen-bond acceptors (Lipinski definition) is 6. The second-order valence-corrected chi connectivity index (χ2v) is 6.27. The Morgan fingerprint density at radius 3 is 2.56 bits per heavy atom. The minimum atomic E-state index is -0.705. The summed E-state index contributed by atoms with van der Waals surface area (Å²) in [4.78, 5) is 13.0. The molecule has 0 saturated heterocycles. The molecule has 1 aromatic heterocycles. The molecular formula is C12H18N4OS. The number of aliphatic hydroxyl groups is 1. The van der Waals surface area contributed by atoms with Crippen LogP contribution in [0.3, 0.4) is 0 Å². The maximum atomic E-state index is 9.33. The van der Waals surface area contributed by atoms with Gasteiger partial charge in [-0.3, -0.25) is 4.99 Å². The Morgan fingerprint density at radius 1 is 1.39 bits per heavy atom. The molecule has 0 amide bonds. The van der Waals surface area contributed by atoms with E-state index in [2.05, 4.69) is 15.0 Å². The fraction of sp³-hybridized carbons (Fsp3) is 0.583. The van der Waals surface area contributed by atoms with Gasteiger partial charge in [-0.1, -0.05) is 0 Å². The molecule has 6 heteroatoms. The Kier molecular flexibility index (Phi) is 3.70. The zero-order valence-corrected chi connectivity index (χ0v) is 11.4. The van der Waals surface area contributed by atoms with Crippen molar-refractivity contribution in [3.63, 3.8) is 0 Å². The topological polar surface area (TPSA) is 84.4 Å². The van der Waals surface area contributed by atoms with Crippen molar-refractivity contribution in [3.8, 4) is 0 Å². The van der Waals surface area contributed by atoms with Gasteiger partial charge in [0.2, 0.25) is 0 Å². The van der Waals surface area contributed by atoms with Gasteiger partial charge < -0.3 is 10.8 Å². The van der Waals surface area contributed by atoms with Crippen LogP contribution < -0.4 is 5.73 Å². The molecule has 0 aliphatic carbocycles. The number of aliphatic hydroxyl groups excluding tert-OH is 1. The van der Waals surface area contributed by atoms with E-state index in [4.69, 9.17) is 5.73 Å². The average Bonchev–Trinajstić information content (AvgIpc) is 2.50. The summed E-state index contributed by atoms with van der Waals surface area (Å²) in [6.07, 6.45) is 4.61. The Hall–Kier alpha value is -0.980. The standard InChI is InChI=1S/C12H18N4OS/c1-9-16-11(2,13)12(18-9,4-7-17)8-10-14-5-3-6-15-10/h3,5-6,17H,4,7-8,13H2,1-2H3. The number of nitrogens with two attached hydrogens (primary N) is 1. The van der Waals surface area contributed by atoms with Gasteiger partial charge in [0.15, 0.2) is 0 Å². The molecule has 5 nitrogen and oxygen atoms in total. The third-order valence-electron chi connectivity index (χ3n) is 3.23. The zero-order chi connectivity index (χ0) is 13.2. The highest BCUT2D eigenvalue weighted by Crippen LogP contribution is 2.46. The molecule has 3 N–H and O–H groups in total. The van der Waals surface area contributed by atoms with Crippen molar-refractivity contribution < 1.29 is 5.11 Å². The lowest BCUT2D eigenvalue weighted by molar-refractivity contribution is 0.231. The van der Waals surface area contributed by atoms with Gasteiger partial charge in [-0.15, -0.1) is 11.8 Å². The fourth-order valence-electron chi connectivity index (χ4n) is 2.30. The summed E-state index contributed by atoms with van der Waals surface area (Å²) in [5, 5.41) is 10.3. The largest absolute Gasteiger partial charge is 0.396 e. The molecule has 1 aromatic rings. The summed E-state index contributed by atoms with van der Waals surface area (Å²) in [5.41, 5.74) is 5.60. The number of rotatable bonds is 4. The molecule has 0 bridgehead atoms. The molecule has 0 saturated carbocycles. The van der Waals surface area contributed by atoms with Crippen molar-refractivity contribution in [2.24, 2.45) is 10.7 Å². The molecule has 0 fully saturated rings. The maximum Gasteiger partial charge on any atom is 0.129 e. The summed E-state index contributed by atoms with van der Waals surface area (Å²) < 4.78 is -0.368. The van der Waals surface area contributed by atoms with Gasteiger partial charge in [-0.2, -0.15) is 0 Å². The van der Waals surface area contributed by atoms with Crippen molar-refractivity contribution >= 4 is 16.8 Å². The van der Waals surface area contributed by atoms with E-state index in [0.717, 1.165) is 10.9 Å². The van der Waals surface area contributed by atoms with Gasteiger partial charge in [-0.05, 0) is 26.3 Å². The van der Waals surface area contributed by atoms with Crippen LogP contribution in [0.4, 0.5) is 0 Å². The summed E-state index contributed by atoms with van der Waals surface area (Å²) in [5.74, 6) is 0.736. The van der Waals surface area contributed by atoms with Crippen molar-refractivity contribution in [2.45, 2.75) is 37.1 Å². The smallest absolute Gasteiger partial charge is 0.129 e. The fourth-order valence-corrected chi connectivity index (χ4v) is 3.75. The molecule has 2 rings (SSSR count). The Balaban J connectivity index is 2.29. The molecule has 0 radical (unpaired) electrons. The molecular weight excluding hydrogens is 248 g/mol. The van der Waals surface area contributed by atoms with Crippen LogP contribution in [0.15, 0.2) is 23.5 Å². The minimum Gasteiger partial charge on any atom is -0.396 e. The van der Waals surface area contributed by atoms with Gasteiger partial charge in [0, 0.05) is 25.4 Å². The number of thioether (sulfide) groups is 1. The lowest BCUT2D eigenvalue weighted by atomic mass is 9.87. The normalized spacial score (nSPS) is 31.4. The highest BCUT2D eigenvalue weighted by atomic mass is 32.2. The molecule has 2 unspecified atom stereocenters. The first kappa shape index (κ1) is 13.5. The monoisotopic (exact) mass is 266 g/mol. The second-order valence-electron chi connectivity index (χ2n) is 4.69. The first-order valence-corrected chi connectivity index (χ1v) is 6.72. The molecule has 1 aliphatic heterocycles. The summed E-state index contributed by atoms with van der Waals surface area (Å²) in [6.45, 7) is 3.92. The van der Waals surface area contributed by atoms with E-state index in [1.165, 1.54) is 0 Å². The second kappa shape index (κ2) is 4.95. The van der Waals surface area contributed by atoms with Crippen molar-refractivity contribution in [2.75, 3.05) is 6.61 Å². The Labute approximate surface area is 111 Å². The van der Waals surface area contributed by atoms with Gasteiger partial charge in [0.25, 0.3) is 0 Å². The van der Waals surface area contributed by atoms with Crippen molar-refractivity contribution in [1.29, 1.82) is 0 Å². The highest BCUT2D eigenvalue weighted by molar-refractivity contribution is 8.15. The van der Waals surface area contributed by atoms with Gasteiger partial charge in [0.1, 0.15) is 11.5 Å². The Morgan fingerprint density at radius 2 is 2.06 bits per heavy atom. The molecule has 1 aliphatic rings. The van der Waals surface area contributed by atoms with E-state index >= 15 is 0 Å². The van der Waals surface area contributed by atoms with Crippen molar-refractivity contribution in [1.82, 2.24) is 9.97 Å². The van der Waals surface area contributed by atoms with Crippen LogP contribution in [0.25, 0.3) is 0 Å². The third kappa shape index (κ3) is 2.41. The van der Waals surface area contributed by atoms with E-state index in [0.29, 0.717) is 12.8 Å². The summed E-state index contributed by atoms with van der Waals surface area (Å²) in [7, 11) is 0. The van der Waals surface area contributed by atoms with Crippen LogP contribution in [0.2, 0.25) is 0 Å². The number of aromatic nitrogens is 2. The van der Waals surface area contributed by atoms with Crippen LogP contribution in [0, 0.1) is 0 Å². The lowest BCUT2D eigenvalue weighted by Crippen LogP contribution is -2.54. The van der Waals surface area contributed by atoms with Gasteiger partial charge in [0.05, 0.1) is 9.79 Å². The van der Waals surface area contributed by atoms with Crippen LogP contribution >= 0.6 is 11.8 Å². The zero-order valence-electron chi connectivity index (χ0n) is 10.6. The van der Waals surface area contributed by atoms with Crippen molar-refractivity contribution in [3.05, 3.63) is 24.3 Å². The summed E-state index contributed by atoms with van der Waals surface area (Å²) in [6, 6.07) is 1.79. The molecule has 2 heterocycles. The molecule has 2 atom stereocenters. The van der Waals surface area contributed by atoms with E-state index in [9.17, 15) is 5.11 Å². The van der Waals surface area contributed by atoms with Crippen LogP contribution in [0.1, 0.15) is 26.1 Å². The number of hydrogen-bond donors (Lipinski definition) is 2. The van der Waals surface area contributed by atoms with E-state index in [1.54, 1.807) is 30.2 Å². The molecule has 98 valence electrons. The van der Waals surface area contributed by atoms with Gasteiger partial charge >= 0.3 is 0 Å². The molecule has 0 spiro atoms. The third-order valence-corrected chi connectivity index (χ3v) is 4.77. The minimum absolute atomic E-state index is 0.0788. The summed E-state index contributed by atoms with van der Waals surface area (Å²) >= 11 is 1.62. The first-order chi connectivity index (χ1) is 8.49. The predicted molar refractivity (Wildman–Crippen MR) is 73.5 cm³/mol. The quantitative estimate of drug-likeness (QED) is 0.848. The first-order valence-electron chi connectivity index (χ1n) is 5.90. The molecule has 18 heavy (non-hydrogen) atoms. The Bertz CT molecular complexity index is 449. The van der Waals surface area contributed by atoms with E-state index in [1.807, 2.05) is 13.8 Å². The maximum absolute atomic E-state index is 9.33. The number of nitrogens with zero attached hydrogens (tertiary/aromatic N) is 3.